The van der Waals surface area contributed by atoms with E-state index in [9.17, 15) is 13.2 Å². The third kappa shape index (κ3) is 4.47. The van der Waals surface area contributed by atoms with Gasteiger partial charge in [0.2, 0.25) is 0 Å². The molecule has 0 aliphatic rings. The summed E-state index contributed by atoms with van der Waals surface area (Å²) in [6.07, 6.45) is -4.32. The van der Waals surface area contributed by atoms with Crippen molar-refractivity contribution in [1.82, 2.24) is 10.3 Å². The number of halogens is 3. The van der Waals surface area contributed by atoms with Crippen LogP contribution in [0.3, 0.4) is 0 Å². The van der Waals surface area contributed by atoms with Crippen LogP contribution < -0.4 is 10.1 Å². The smallest absolute Gasteiger partial charge is 0.416 e. The summed E-state index contributed by atoms with van der Waals surface area (Å²) in [6, 6.07) is 15.1. The number of nitrogens with zero attached hydrogens (tertiary/aromatic N) is 1. The molecule has 0 bridgehead atoms. The fraction of sp³-hybridized carbons (Fsp3) is 0.174. The van der Waals surface area contributed by atoms with Gasteiger partial charge in [0.15, 0.2) is 0 Å². The first-order valence-corrected chi connectivity index (χ1v) is 10.3. The van der Waals surface area contributed by atoms with Gasteiger partial charge in [-0.1, -0.05) is 12.1 Å². The van der Waals surface area contributed by atoms with Gasteiger partial charge < -0.3 is 10.1 Å². The summed E-state index contributed by atoms with van der Waals surface area (Å²) in [5, 5.41) is 8.38. The van der Waals surface area contributed by atoms with Crippen LogP contribution in [0.1, 0.15) is 16.7 Å². The summed E-state index contributed by atoms with van der Waals surface area (Å²) in [7, 11) is 1.63. The highest BCUT2D eigenvalue weighted by Crippen LogP contribution is 2.30. The summed E-state index contributed by atoms with van der Waals surface area (Å²) in [5.74, 6) is 0.749. The van der Waals surface area contributed by atoms with Crippen LogP contribution in [0, 0.1) is 0 Å². The van der Waals surface area contributed by atoms with E-state index in [0.29, 0.717) is 13.1 Å². The Balaban J connectivity index is 1.56. The van der Waals surface area contributed by atoms with E-state index in [2.05, 4.69) is 11.4 Å². The first-order chi connectivity index (χ1) is 14.4. The Labute approximate surface area is 176 Å². The Bertz CT molecular complexity index is 1140. The minimum Gasteiger partial charge on any atom is -0.497 e. The molecule has 3 nitrogen and oxygen atoms in total. The van der Waals surface area contributed by atoms with E-state index in [1.165, 1.54) is 12.1 Å². The zero-order chi connectivity index (χ0) is 21.1. The van der Waals surface area contributed by atoms with Gasteiger partial charge in [-0.05, 0) is 52.9 Å². The van der Waals surface area contributed by atoms with Crippen LogP contribution >= 0.6 is 11.3 Å². The van der Waals surface area contributed by atoms with Gasteiger partial charge in [-0.25, -0.2) is 4.98 Å². The van der Waals surface area contributed by atoms with E-state index in [1.807, 2.05) is 35.0 Å². The fourth-order valence-corrected chi connectivity index (χ4v) is 3.90. The minimum atomic E-state index is -4.32. The molecule has 2 aromatic carbocycles. The summed E-state index contributed by atoms with van der Waals surface area (Å²) < 4.78 is 43.5. The molecule has 30 heavy (non-hydrogen) atoms. The number of nitrogens with one attached hydrogen (secondary N) is 1. The van der Waals surface area contributed by atoms with E-state index in [1.54, 1.807) is 18.4 Å². The summed E-state index contributed by atoms with van der Waals surface area (Å²) in [4.78, 5) is 4.85. The molecule has 154 valence electrons. The molecule has 0 aliphatic carbocycles. The monoisotopic (exact) mass is 428 g/mol. The summed E-state index contributed by atoms with van der Waals surface area (Å²) in [6.45, 7) is 1.00. The van der Waals surface area contributed by atoms with Crippen molar-refractivity contribution in [2.24, 2.45) is 0 Å². The van der Waals surface area contributed by atoms with Gasteiger partial charge in [0.1, 0.15) is 5.75 Å². The number of rotatable bonds is 6. The normalized spacial score (nSPS) is 11.7. The SMILES string of the molecule is COc1ccc2cc(CNCc3ccc(C(F)(F)F)cc3)c(-c3ccsc3)nc2c1. The number of fused-ring (bicyclic) bond motifs is 1. The number of hydrogen-bond donors (Lipinski definition) is 1. The molecule has 0 radical (unpaired) electrons. The lowest BCUT2D eigenvalue weighted by atomic mass is 10.0. The lowest BCUT2D eigenvalue weighted by molar-refractivity contribution is -0.137. The van der Waals surface area contributed by atoms with E-state index in [4.69, 9.17) is 9.72 Å². The second-order valence-electron chi connectivity index (χ2n) is 6.86. The molecule has 0 fully saturated rings. The van der Waals surface area contributed by atoms with E-state index in [0.717, 1.165) is 51.2 Å². The number of benzene rings is 2. The highest BCUT2D eigenvalue weighted by atomic mass is 32.1. The maximum Gasteiger partial charge on any atom is 0.416 e. The van der Waals surface area contributed by atoms with Crippen LogP contribution in [0.15, 0.2) is 65.4 Å². The number of thiophene rings is 1. The molecule has 2 aromatic heterocycles. The van der Waals surface area contributed by atoms with Gasteiger partial charge in [-0.3, -0.25) is 0 Å². The molecular formula is C23H19F3N2OS. The van der Waals surface area contributed by atoms with Crippen molar-refractivity contribution in [3.05, 3.63) is 82.0 Å². The molecule has 0 aliphatic heterocycles. The van der Waals surface area contributed by atoms with Crippen molar-refractivity contribution >= 4 is 22.2 Å². The molecule has 0 amide bonds. The highest BCUT2D eigenvalue weighted by molar-refractivity contribution is 7.08. The molecule has 0 saturated carbocycles. The van der Waals surface area contributed by atoms with Gasteiger partial charge >= 0.3 is 6.18 Å². The molecule has 4 rings (SSSR count). The van der Waals surface area contributed by atoms with Gasteiger partial charge in [0, 0.05) is 35.5 Å². The topological polar surface area (TPSA) is 34.1 Å². The lowest BCUT2D eigenvalue weighted by Crippen LogP contribution is -2.14. The lowest BCUT2D eigenvalue weighted by Gasteiger charge is -2.12. The maximum absolute atomic E-state index is 12.7. The average molecular weight is 428 g/mol. The quantitative estimate of drug-likeness (QED) is 0.392. The summed E-state index contributed by atoms with van der Waals surface area (Å²) >= 11 is 1.60. The number of alkyl halides is 3. The van der Waals surface area contributed by atoms with Crippen LogP contribution in [0.5, 0.6) is 5.75 Å². The van der Waals surface area contributed by atoms with Crippen LogP contribution in [-0.4, -0.2) is 12.1 Å². The predicted molar refractivity (Wildman–Crippen MR) is 114 cm³/mol. The maximum atomic E-state index is 12.7. The fourth-order valence-electron chi connectivity index (χ4n) is 3.25. The zero-order valence-electron chi connectivity index (χ0n) is 16.2. The van der Waals surface area contributed by atoms with Crippen LogP contribution in [0.2, 0.25) is 0 Å². The number of pyridine rings is 1. The van der Waals surface area contributed by atoms with Crippen molar-refractivity contribution in [3.63, 3.8) is 0 Å². The third-order valence-corrected chi connectivity index (χ3v) is 5.51. The van der Waals surface area contributed by atoms with Crippen molar-refractivity contribution in [2.45, 2.75) is 19.3 Å². The number of ether oxygens (including phenoxy) is 1. The average Bonchev–Trinajstić information content (AvgIpc) is 3.27. The molecule has 0 atom stereocenters. The van der Waals surface area contributed by atoms with Gasteiger partial charge in [-0.15, -0.1) is 0 Å². The standard InChI is InChI=1S/C23H19F3N2OS/c1-29-20-7-4-16-10-18(22(28-21(16)11-20)17-8-9-30-14-17)13-27-12-15-2-5-19(6-3-15)23(24,25)26/h2-11,14,27H,12-13H2,1H3. The Kier molecular flexibility index (Phi) is 5.74. The zero-order valence-corrected chi connectivity index (χ0v) is 17.0. The molecular weight excluding hydrogens is 409 g/mol. The third-order valence-electron chi connectivity index (χ3n) is 4.82. The first kappa shape index (κ1) is 20.4. The van der Waals surface area contributed by atoms with E-state index < -0.39 is 11.7 Å². The van der Waals surface area contributed by atoms with Crippen LogP contribution in [0.25, 0.3) is 22.2 Å². The van der Waals surface area contributed by atoms with E-state index >= 15 is 0 Å². The van der Waals surface area contributed by atoms with Crippen molar-refractivity contribution < 1.29 is 17.9 Å². The van der Waals surface area contributed by atoms with Gasteiger partial charge in [-0.2, -0.15) is 24.5 Å². The Morgan fingerprint density at radius 3 is 2.47 bits per heavy atom. The molecule has 0 saturated heterocycles. The van der Waals surface area contributed by atoms with Gasteiger partial charge in [0.25, 0.3) is 0 Å². The number of aromatic nitrogens is 1. The molecule has 0 spiro atoms. The molecule has 2 heterocycles. The summed E-state index contributed by atoms with van der Waals surface area (Å²) in [5.41, 5.74) is 3.95. The van der Waals surface area contributed by atoms with Gasteiger partial charge in [0.05, 0.1) is 23.9 Å². The van der Waals surface area contributed by atoms with Crippen LogP contribution in [0.4, 0.5) is 13.2 Å². The largest absolute Gasteiger partial charge is 0.497 e. The van der Waals surface area contributed by atoms with Crippen LogP contribution in [-0.2, 0) is 19.3 Å². The first-order valence-electron chi connectivity index (χ1n) is 9.31. The number of methoxy groups -OCH3 is 1. The Hall–Kier alpha value is -2.90. The molecule has 0 unspecified atom stereocenters. The molecule has 7 heteroatoms. The van der Waals surface area contributed by atoms with Crippen molar-refractivity contribution in [3.8, 4) is 17.0 Å². The number of hydrogen-bond acceptors (Lipinski definition) is 4. The Morgan fingerprint density at radius 1 is 1.00 bits per heavy atom. The second kappa shape index (κ2) is 8.45. The Morgan fingerprint density at radius 2 is 1.80 bits per heavy atom. The highest BCUT2D eigenvalue weighted by Gasteiger charge is 2.29. The van der Waals surface area contributed by atoms with Crippen molar-refractivity contribution in [1.29, 1.82) is 0 Å². The minimum absolute atomic E-state index is 0.460. The molecule has 4 aromatic rings. The molecule has 1 N–H and O–H groups in total. The second-order valence-corrected chi connectivity index (χ2v) is 7.65. The van der Waals surface area contributed by atoms with E-state index in [-0.39, 0.29) is 0 Å². The van der Waals surface area contributed by atoms with Crippen molar-refractivity contribution in [2.75, 3.05) is 7.11 Å². The predicted octanol–water partition coefficient (Wildman–Crippen LogP) is 6.28.